The number of carboxylic acid groups (broad SMARTS) is 1. The second-order valence-electron chi connectivity index (χ2n) is 4.50. The Morgan fingerprint density at radius 1 is 1.53 bits per heavy atom. The fourth-order valence-corrected chi connectivity index (χ4v) is 3.11. The first-order valence-corrected chi connectivity index (χ1v) is 6.78. The lowest BCUT2D eigenvalue weighted by molar-refractivity contribution is -0.146. The van der Waals surface area contributed by atoms with Crippen LogP contribution < -0.4 is 4.72 Å². The Kier molecular flexibility index (Phi) is 4.08. The number of hydrogen-bond donors (Lipinski definition) is 2. The van der Waals surface area contributed by atoms with E-state index in [1.54, 1.807) is 11.6 Å². The highest BCUT2D eigenvalue weighted by Crippen LogP contribution is 2.33. The van der Waals surface area contributed by atoms with Crippen LogP contribution in [-0.4, -0.2) is 30.8 Å². The van der Waals surface area contributed by atoms with Gasteiger partial charge in [-0.1, -0.05) is 19.8 Å². The second-order valence-corrected chi connectivity index (χ2v) is 6.15. The van der Waals surface area contributed by atoms with Crippen LogP contribution in [0.1, 0.15) is 32.6 Å². The highest BCUT2D eigenvalue weighted by Gasteiger charge is 2.46. The predicted molar refractivity (Wildman–Crippen MR) is 56.1 cm³/mol. The molecule has 0 bridgehead atoms. The Hall–Kier alpha value is -0.760. The molecule has 0 aromatic rings. The molecule has 1 saturated carbocycles. The van der Waals surface area contributed by atoms with Gasteiger partial charge in [-0.05, 0) is 18.8 Å². The number of carbonyl (C=O) groups is 1. The Morgan fingerprint density at radius 2 is 2.12 bits per heavy atom. The molecular formula is C9H15F2NO4S. The van der Waals surface area contributed by atoms with Gasteiger partial charge < -0.3 is 5.11 Å². The third-order valence-corrected chi connectivity index (χ3v) is 4.12. The molecule has 2 N–H and O–H groups in total. The van der Waals surface area contributed by atoms with Crippen molar-refractivity contribution in [2.75, 3.05) is 0 Å². The first kappa shape index (κ1) is 14.3. The zero-order valence-electron chi connectivity index (χ0n) is 9.32. The molecule has 8 heteroatoms. The first-order valence-electron chi connectivity index (χ1n) is 5.24. The number of alkyl halides is 2. The van der Waals surface area contributed by atoms with Crippen molar-refractivity contribution in [3.63, 3.8) is 0 Å². The molecule has 0 saturated heterocycles. The minimum absolute atomic E-state index is 0.0137. The number of halogens is 2. The molecule has 0 heterocycles. The topological polar surface area (TPSA) is 83.5 Å². The molecule has 2 unspecified atom stereocenters. The Morgan fingerprint density at radius 3 is 2.53 bits per heavy atom. The summed E-state index contributed by atoms with van der Waals surface area (Å²) < 4.78 is 48.4. The van der Waals surface area contributed by atoms with Crippen LogP contribution in [0.3, 0.4) is 0 Å². The zero-order valence-corrected chi connectivity index (χ0v) is 10.1. The van der Waals surface area contributed by atoms with Crippen LogP contribution in [-0.2, 0) is 14.8 Å². The summed E-state index contributed by atoms with van der Waals surface area (Å²) in [7, 11) is -4.89. The van der Waals surface area contributed by atoms with Crippen LogP contribution in [0.5, 0.6) is 0 Å². The van der Waals surface area contributed by atoms with Gasteiger partial charge in [-0.2, -0.15) is 13.5 Å². The normalized spacial score (nSPS) is 30.5. The Labute approximate surface area is 98.3 Å². The molecule has 0 amide bonds. The Balaban J connectivity index is 2.98. The van der Waals surface area contributed by atoms with Crippen molar-refractivity contribution in [1.29, 1.82) is 0 Å². The molecule has 0 aliphatic heterocycles. The molecule has 1 fully saturated rings. The lowest BCUT2D eigenvalue weighted by Gasteiger charge is -2.36. The van der Waals surface area contributed by atoms with Gasteiger partial charge in [0.1, 0.15) is 5.54 Å². The number of nitrogens with one attached hydrogen (secondary N) is 1. The number of carboxylic acids is 1. The molecule has 17 heavy (non-hydrogen) atoms. The summed E-state index contributed by atoms with van der Waals surface area (Å²) in [6.45, 7) is 1.77. The minimum Gasteiger partial charge on any atom is -0.480 e. The van der Waals surface area contributed by atoms with Crippen molar-refractivity contribution in [3.05, 3.63) is 0 Å². The molecule has 1 aliphatic carbocycles. The SMILES string of the molecule is CC1CCCC(NS(=O)(=O)C(F)F)(C(=O)O)C1. The summed E-state index contributed by atoms with van der Waals surface area (Å²) in [6.07, 6.45) is 1.34. The van der Waals surface area contributed by atoms with Gasteiger partial charge in [0.25, 0.3) is 10.0 Å². The van der Waals surface area contributed by atoms with Gasteiger partial charge >= 0.3 is 11.7 Å². The molecule has 0 aromatic heterocycles. The van der Waals surface area contributed by atoms with Crippen LogP contribution in [0.4, 0.5) is 8.78 Å². The lowest BCUT2D eigenvalue weighted by Crippen LogP contribution is -2.57. The monoisotopic (exact) mass is 271 g/mol. The van der Waals surface area contributed by atoms with Crippen molar-refractivity contribution in [2.45, 2.75) is 43.9 Å². The van der Waals surface area contributed by atoms with E-state index >= 15 is 0 Å². The summed E-state index contributed by atoms with van der Waals surface area (Å²) in [5.74, 6) is -5.02. The molecule has 100 valence electrons. The lowest BCUT2D eigenvalue weighted by atomic mass is 9.77. The largest absolute Gasteiger partial charge is 0.480 e. The smallest absolute Gasteiger partial charge is 0.350 e. The van der Waals surface area contributed by atoms with E-state index in [2.05, 4.69) is 0 Å². The van der Waals surface area contributed by atoms with Crippen molar-refractivity contribution in [3.8, 4) is 0 Å². The van der Waals surface area contributed by atoms with Crippen LogP contribution in [0.2, 0.25) is 0 Å². The first-order chi connectivity index (χ1) is 7.69. The molecule has 0 spiro atoms. The van der Waals surface area contributed by atoms with Crippen molar-refractivity contribution in [2.24, 2.45) is 5.92 Å². The molecule has 1 rings (SSSR count). The van der Waals surface area contributed by atoms with E-state index in [0.29, 0.717) is 6.42 Å². The average Bonchev–Trinajstić information content (AvgIpc) is 2.16. The second kappa shape index (κ2) is 4.85. The van der Waals surface area contributed by atoms with E-state index in [0.717, 1.165) is 6.42 Å². The average molecular weight is 271 g/mol. The number of hydrogen-bond acceptors (Lipinski definition) is 3. The van der Waals surface area contributed by atoms with E-state index in [9.17, 15) is 22.0 Å². The van der Waals surface area contributed by atoms with E-state index in [4.69, 9.17) is 5.11 Å². The molecular weight excluding hydrogens is 256 g/mol. The van der Waals surface area contributed by atoms with Gasteiger partial charge in [0.15, 0.2) is 0 Å². The summed E-state index contributed by atoms with van der Waals surface area (Å²) in [6, 6.07) is 0. The third-order valence-electron chi connectivity index (χ3n) is 2.98. The summed E-state index contributed by atoms with van der Waals surface area (Å²) in [5, 5.41) is 9.08. The standard InChI is InChI=1S/C9H15F2NO4S/c1-6-3-2-4-9(5-6,7(13)14)12-17(15,16)8(10)11/h6,8,12H,2-5H2,1H3,(H,13,14). The molecule has 0 radical (unpaired) electrons. The van der Waals surface area contributed by atoms with E-state index < -0.39 is 27.3 Å². The molecule has 0 aromatic carbocycles. The summed E-state index contributed by atoms with van der Waals surface area (Å²) in [4.78, 5) is 11.2. The maximum Gasteiger partial charge on any atom is 0.350 e. The highest BCUT2D eigenvalue weighted by molar-refractivity contribution is 7.89. The van der Waals surface area contributed by atoms with Gasteiger partial charge in [-0.25, -0.2) is 8.42 Å². The van der Waals surface area contributed by atoms with Gasteiger partial charge in [-0.3, -0.25) is 4.79 Å². The predicted octanol–water partition coefficient (Wildman–Crippen LogP) is 1.16. The van der Waals surface area contributed by atoms with Crippen LogP contribution >= 0.6 is 0 Å². The maximum atomic E-state index is 12.3. The molecule has 5 nitrogen and oxygen atoms in total. The summed E-state index contributed by atoms with van der Waals surface area (Å²) >= 11 is 0. The van der Waals surface area contributed by atoms with Gasteiger partial charge in [0.2, 0.25) is 0 Å². The maximum absolute atomic E-state index is 12.3. The fourth-order valence-electron chi connectivity index (χ4n) is 2.20. The number of rotatable bonds is 4. The number of aliphatic carboxylic acids is 1. The quantitative estimate of drug-likeness (QED) is 0.803. The molecule has 2 atom stereocenters. The van der Waals surface area contributed by atoms with Crippen LogP contribution in [0, 0.1) is 5.92 Å². The van der Waals surface area contributed by atoms with Gasteiger partial charge in [-0.15, -0.1) is 0 Å². The van der Waals surface area contributed by atoms with Crippen LogP contribution in [0.15, 0.2) is 0 Å². The zero-order chi connectivity index (χ0) is 13.3. The van der Waals surface area contributed by atoms with Gasteiger partial charge in [0.05, 0.1) is 0 Å². The van der Waals surface area contributed by atoms with Crippen molar-refractivity contribution in [1.82, 2.24) is 4.72 Å². The van der Waals surface area contributed by atoms with E-state index in [1.165, 1.54) is 0 Å². The van der Waals surface area contributed by atoms with E-state index in [1.807, 2.05) is 0 Å². The fraction of sp³-hybridized carbons (Fsp3) is 0.889. The van der Waals surface area contributed by atoms with Crippen molar-refractivity contribution < 1.29 is 27.1 Å². The highest BCUT2D eigenvalue weighted by atomic mass is 32.2. The van der Waals surface area contributed by atoms with Crippen molar-refractivity contribution >= 4 is 16.0 Å². The Bertz CT molecular complexity index is 398. The van der Waals surface area contributed by atoms with Gasteiger partial charge in [0, 0.05) is 0 Å². The summed E-state index contributed by atoms with van der Waals surface area (Å²) in [5.41, 5.74) is -1.78. The molecule has 1 aliphatic rings. The third kappa shape index (κ3) is 3.12. The van der Waals surface area contributed by atoms with E-state index in [-0.39, 0.29) is 18.8 Å². The number of sulfonamides is 1. The minimum atomic E-state index is -4.89. The van der Waals surface area contributed by atoms with Crippen LogP contribution in [0.25, 0.3) is 0 Å².